The monoisotopic (exact) mass is 230 g/mol. The highest BCUT2D eigenvalue weighted by Crippen LogP contribution is 2.34. The van der Waals surface area contributed by atoms with Gasteiger partial charge >= 0.3 is 6.18 Å². The molecule has 0 aliphatic rings. The standard InChI is InChI=1S/C10H6F4N2/c11-9-6(8-4-5-15-16-8)2-1-3-7(9)10(12,13)14/h1-5H,(H,15,16). The van der Waals surface area contributed by atoms with E-state index in [0.717, 1.165) is 6.07 Å². The molecule has 0 amide bonds. The molecule has 0 bridgehead atoms. The van der Waals surface area contributed by atoms with Crippen molar-refractivity contribution in [1.29, 1.82) is 0 Å². The Bertz CT molecular complexity index is 488. The average molecular weight is 230 g/mol. The molecule has 16 heavy (non-hydrogen) atoms. The first kappa shape index (κ1) is 10.7. The Morgan fingerprint density at radius 3 is 2.44 bits per heavy atom. The first-order valence-corrected chi connectivity index (χ1v) is 4.35. The van der Waals surface area contributed by atoms with Gasteiger partial charge in [0.15, 0.2) is 0 Å². The minimum absolute atomic E-state index is 0.146. The zero-order chi connectivity index (χ0) is 11.8. The molecule has 0 spiro atoms. The maximum atomic E-state index is 13.6. The van der Waals surface area contributed by atoms with E-state index in [1.165, 1.54) is 18.3 Å². The average Bonchev–Trinajstić information content (AvgIpc) is 2.69. The van der Waals surface area contributed by atoms with Crippen molar-refractivity contribution >= 4 is 0 Å². The Kier molecular flexibility index (Phi) is 2.41. The van der Waals surface area contributed by atoms with E-state index >= 15 is 0 Å². The Balaban J connectivity index is 2.58. The van der Waals surface area contributed by atoms with Crippen molar-refractivity contribution < 1.29 is 17.6 Å². The maximum absolute atomic E-state index is 13.6. The van der Waals surface area contributed by atoms with E-state index in [0.29, 0.717) is 6.07 Å². The molecule has 0 aliphatic heterocycles. The molecule has 0 saturated heterocycles. The first-order chi connectivity index (χ1) is 7.50. The van der Waals surface area contributed by atoms with Gasteiger partial charge in [-0.2, -0.15) is 18.3 Å². The predicted molar refractivity (Wildman–Crippen MR) is 49.0 cm³/mol. The number of hydrogen-bond donors (Lipinski definition) is 1. The molecular weight excluding hydrogens is 224 g/mol. The first-order valence-electron chi connectivity index (χ1n) is 4.35. The van der Waals surface area contributed by atoms with Crippen molar-refractivity contribution in [2.45, 2.75) is 6.18 Å². The van der Waals surface area contributed by atoms with Crippen LogP contribution in [0.4, 0.5) is 17.6 Å². The molecule has 0 fully saturated rings. The summed E-state index contributed by atoms with van der Waals surface area (Å²) in [5.74, 6) is -1.29. The van der Waals surface area contributed by atoms with Gasteiger partial charge < -0.3 is 0 Å². The SMILES string of the molecule is Fc1c(-c2ccn[nH]2)cccc1C(F)(F)F. The van der Waals surface area contributed by atoms with E-state index in [1.54, 1.807) is 0 Å². The van der Waals surface area contributed by atoms with E-state index in [2.05, 4.69) is 10.2 Å². The molecular formula is C10H6F4N2. The molecule has 84 valence electrons. The molecule has 1 heterocycles. The number of benzene rings is 1. The Labute approximate surface area is 87.9 Å². The number of nitrogens with zero attached hydrogens (tertiary/aromatic N) is 1. The van der Waals surface area contributed by atoms with Gasteiger partial charge in [-0.25, -0.2) is 4.39 Å². The van der Waals surface area contributed by atoms with E-state index in [4.69, 9.17) is 0 Å². The topological polar surface area (TPSA) is 28.7 Å². The molecule has 2 nitrogen and oxygen atoms in total. The van der Waals surface area contributed by atoms with Crippen LogP contribution in [-0.4, -0.2) is 10.2 Å². The van der Waals surface area contributed by atoms with Crippen molar-refractivity contribution in [3.63, 3.8) is 0 Å². The summed E-state index contributed by atoms with van der Waals surface area (Å²) in [6.07, 6.45) is -3.35. The Hall–Kier alpha value is -1.85. The van der Waals surface area contributed by atoms with Crippen LogP contribution in [0.15, 0.2) is 30.5 Å². The number of H-pyrrole nitrogens is 1. The lowest BCUT2D eigenvalue weighted by atomic mass is 10.1. The third kappa shape index (κ3) is 1.78. The van der Waals surface area contributed by atoms with E-state index in [-0.39, 0.29) is 11.3 Å². The number of alkyl halides is 3. The van der Waals surface area contributed by atoms with Gasteiger partial charge in [0.05, 0.1) is 11.3 Å². The molecule has 2 rings (SSSR count). The maximum Gasteiger partial charge on any atom is 0.419 e. The van der Waals surface area contributed by atoms with Gasteiger partial charge in [0, 0.05) is 11.8 Å². The molecule has 0 saturated carbocycles. The molecule has 2 aromatic rings. The fourth-order valence-electron chi connectivity index (χ4n) is 1.36. The zero-order valence-corrected chi connectivity index (χ0v) is 7.85. The lowest BCUT2D eigenvalue weighted by Crippen LogP contribution is -2.08. The second kappa shape index (κ2) is 3.62. The highest BCUT2D eigenvalue weighted by Gasteiger charge is 2.35. The van der Waals surface area contributed by atoms with Crippen LogP contribution in [0, 0.1) is 5.82 Å². The van der Waals surface area contributed by atoms with Crippen LogP contribution >= 0.6 is 0 Å². The number of halogens is 4. The quantitative estimate of drug-likeness (QED) is 0.748. The van der Waals surface area contributed by atoms with Crippen LogP contribution < -0.4 is 0 Å². The van der Waals surface area contributed by atoms with E-state index in [1.807, 2.05) is 0 Å². The van der Waals surface area contributed by atoms with Crippen LogP contribution in [0.2, 0.25) is 0 Å². The number of aromatic nitrogens is 2. The minimum Gasteiger partial charge on any atom is -0.278 e. The molecule has 1 aromatic carbocycles. The summed E-state index contributed by atoms with van der Waals surface area (Å²) < 4.78 is 50.8. The van der Waals surface area contributed by atoms with Crippen molar-refractivity contribution in [3.05, 3.63) is 41.8 Å². The summed E-state index contributed by atoms with van der Waals surface area (Å²) in [5.41, 5.74) is -1.21. The molecule has 0 atom stereocenters. The van der Waals surface area contributed by atoms with Crippen LogP contribution in [-0.2, 0) is 6.18 Å². The van der Waals surface area contributed by atoms with Gasteiger partial charge in [-0.05, 0) is 18.2 Å². The van der Waals surface area contributed by atoms with Crippen molar-refractivity contribution in [2.24, 2.45) is 0 Å². The third-order valence-electron chi connectivity index (χ3n) is 2.10. The van der Waals surface area contributed by atoms with Crippen molar-refractivity contribution in [2.75, 3.05) is 0 Å². The third-order valence-corrected chi connectivity index (χ3v) is 2.10. The fraction of sp³-hybridized carbons (Fsp3) is 0.100. The summed E-state index contributed by atoms with van der Waals surface area (Å²) in [4.78, 5) is 0. The van der Waals surface area contributed by atoms with Gasteiger partial charge in [-0.3, -0.25) is 5.10 Å². The summed E-state index contributed by atoms with van der Waals surface area (Å²) >= 11 is 0. The largest absolute Gasteiger partial charge is 0.419 e. The zero-order valence-electron chi connectivity index (χ0n) is 7.85. The van der Waals surface area contributed by atoms with Crippen LogP contribution in [0.5, 0.6) is 0 Å². The molecule has 0 unspecified atom stereocenters. The summed E-state index contributed by atoms with van der Waals surface area (Å²) in [6.45, 7) is 0. The van der Waals surface area contributed by atoms with Gasteiger partial charge in [0.25, 0.3) is 0 Å². The number of hydrogen-bond acceptors (Lipinski definition) is 1. The summed E-state index contributed by atoms with van der Waals surface area (Å²) in [7, 11) is 0. The van der Waals surface area contributed by atoms with Gasteiger partial charge in [0.2, 0.25) is 0 Å². The highest BCUT2D eigenvalue weighted by atomic mass is 19.4. The lowest BCUT2D eigenvalue weighted by molar-refractivity contribution is -0.139. The minimum atomic E-state index is -4.69. The van der Waals surface area contributed by atoms with Gasteiger partial charge in [-0.1, -0.05) is 6.07 Å². The van der Waals surface area contributed by atoms with Crippen LogP contribution in [0.25, 0.3) is 11.3 Å². The van der Waals surface area contributed by atoms with Gasteiger partial charge in [-0.15, -0.1) is 0 Å². The van der Waals surface area contributed by atoms with Crippen LogP contribution in [0.3, 0.4) is 0 Å². The lowest BCUT2D eigenvalue weighted by Gasteiger charge is -2.09. The second-order valence-corrected chi connectivity index (χ2v) is 3.14. The van der Waals surface area contributed by atoms with E-state index < -0.39 is 17.6 Å². The molecule has 1 N–H and O–H groups in total. The Morgan fingerprint density at radius 1 is 1.12 bits per heavy atom. The normalized spacial score (nSPS) is 11.8. The predicted octanol–water partition coefficient (Wildman–Crippen LogP) is 3.23. The number of nitrogens with one attached hydrogen (secondary N) is 1. The second-order valence-electron chi connectivity index (χ2n) is 3.14. The van der Waals surface area contributed by atoms with Crippen molar-refractivity contribution in [1.82, 2.24) is 10.2 Å². The number of rotatable bonds is 1. The molecule has 0 radical (unpaired) electrons. The molecule has 1 aromatic heterocycles. The van der Waals surface area contributed by atoms with Gasteiger partial charge in [0.1, 0.15) is 5.82 Å². The summed E-state index contributed by atoms with van der Waals surface area (Å²) in [5, 5.41) is 5.97. The summed E-state index contributed by atoms with van der Waals surface area (Å²) in [6, 6.07) is 4.52. The molecule has 0 aliphatic carbocycles. The Morgan fingerprint density at radius 2 is 1.88 bits per heavy atom. The smallest absolute Gasteiger partial charge is 0.278 e. The number of aromatic amines is 1. The van der Waals surface area contributed by atoms with Crippen molar-refractivity contribution in [3.8, 4) is 11.3 Å². The highest BCUT2D eigenvalue weighted by molar-refractivity contribution is 5.60. The molecule has 6 heteroatoms. The van der Waals surface area contributed by atoms with E-state index in [9.17, 15) is 17.6 Å². The fourth-order valence-corrected chi connectivity index (χ4v) is 1.36. The van der Waals surface area contributed by atoms with Crippen LogP contribution in [0.1, 0.15) is 5.56 Å².